The first-order chi connectivity index (χ1) is 10.6. The van der Waals surface area contributed by atoms with Crippen molar-refractivity contribution in [1.29, 1.82) is 0 Å². The number of halogens is 1. The number of carbonyl (C=O) groups is 1. The molecule has 1 atom stereocenters. The topological polar surface area (TPSA) is 81.2 Å². The summed E-state index contributed by atoms with van der Waals surface area (Å²) in [5.41, 5.74) is 6.39. The van der Waals surface area contributed by atoms with Gasteiger partial charge in [-0.15, -0.1) is 12.4 Å². The van der Waals surface area contributed by atoms with Crippen molar-refractivity contribution in [2.45, 2.75) is 44.2 Å². The van der Waals surface area contributed by atoms with Crippen molar-refractivity contribution in [3.63, 3.8) is 0 Å². The van der Waals surface area contributed by atoms with Gasteiger partial charge >= 0.3 is 0 Å². The Labute approximate surface area is 142 Å². The summed E-state index contributed by atoms with van der Waals surface area (Å²) in [6.45, 7) is 1.86. The highest BCUT2D eigenvalue weighted by atomic mass is 35.5. The number of aromatic nitrogens is 1. The lowest BCUT2D eigenvalue weighted by Gasteiger charge is -2.24. The molecule has 124 valence electrons. The Balaban J connectivity index is 0.00000192. The molecule has 2 aromatic rings. The van der Waals surface area contributed by atoms with Gasteiger partial charge in [-0.1, -0.05) is 43.2 Å². The molecular weight excluding hydrogens is 314 g/mol. The summed E-state index contributed by atoms with van der Waals surface area (Å²) in [6.07, 6.45) is 5.19. The second-order valence-corrected chi connectivity index (χ2v) is 5.99. The van der Waals surface area contributed by atoms with E-state index < -0.39 is 5.54 Å². The van der Waals surface area contributed by atoms with E-state index in [0.717, 1.165) is 31.2 Å². The molecule has 1 amide bonds. The first kappa shape index (κ1) is 17.5. The number of amides is 1. The molecule has 5 nitrogen and oxygen atoms in total. The number of rotatable bonds is 4. The number of hydrogen-bond acceptors (Lipinski definition) is 4. The van der Waals surface area contributed by atoms with Crippen LogP contribution >= 0.6 is 12.4 Å². The number of nitrogens with one attached hydrogen (secondary N) is 1. The van der Waals surface area contributed by atoms with Crippen molar-refractivity contribution >= 4 is 18.3 Å². The average molecular weight is 336 g/mol. The van der Waals surface area contributed by atoms with Crippen molar-refractivity contribution < 1.29 is 9.21 Å². The van der Waals surface area contributed by atoms with Gasteiger partial charge in [0.1, 0.15) is 6.04 Å². The highest BCUT2D eigenvalue weighted by Gasteiger charge is 2.37. The Morgan fingerprint density at radius 3 is 2.61 bits per heavy atom. The van der Waals surface area contributed by atoms with Crippen molar-refractivity contribution in [3.05, 3.63) is 42.4 Å². The predicted molar refractivity (Wildman–Crippen MR) is 91.1 cm³/mol. The van der Waals surface area contributed by atoms with Crippen LogP contribution in [0.5, 0.6) is 0 Å². The summed E-state index contributed by atoms with van der Waals surface area (Å²) >= 11 is 0. The van der Waals surface area contributed by atoms with Gasteiger partial charge in [0, 0.05) is 5.56 Å². The van der Waals surface area contributed by atoms with Crippen LogP contribution in [-0.2, 0) is 4.79 Å². The van der Waals surface area contributed by atoms with Crippen LogP contribution in [-0.4, -0.2) is 16.4 Å². The normalized spacial score (nSPS) is 17.3. The van der Waals surface area contributed by atoms with E-state index in [4.69, 9.17) is 10.2 Å². The molecule has 1 aromatic heterocycles. The van der Waals surface area contributed by atoms with E-state index in [2.05, 4.69) is 10.3 Å². The van der Waals surface area contributed by atoms with E-state index in [0.29, 0.717) is 11.7 Å². The molecular formula is C17H22ClN3O2. The molecule has 0 saturated heterocycles. The number of carbonyl (C=O) groups excluding carboxylic acids is 1. The lowest BCUT2D eigenvalue weighted by Crippen LogP contribution is -2.52. The Kier molecular flexibility index (Phi) is 5.44. The molecule has 0 spiro atoms. The minimum absolute atomic E-state index is 0. The van der Waals surface area contributed by atoms with Crippen molar-refractivity contribution in [2.24, 2.45) is 5.73 Å². The van der Waals surface area contributed by atoms with Gasteiger partial charge in [-0.25, -0.2) is 4.98 Å². The van der Waals surface area contributed by atoms with Crippen molar-refractivity contribution in [2.75, 3.05) is 0 Å². The molecule has 0 radical (unpaired) electrons. The van der Waals surface area contributed by atoms with Crippen LogP contribution in [0.15, 0.2) is 40.9 Å². The molecule has 1 unspecified atom stereocenters. The molecule has 1 aromatic carbocycles. The molecule has 1 aliphatic carbocycles. The minimum Gasteiger partial charge on any atom is -0.438 e. The molecule has 0 aliphatic heterocycles. The summed E-state index contributed by atoms with van der Waals surface area (Å²) in [7, 11) is 0. The third-order valence-corrected chi connectivity index (χ3v) is 4.25. The van der Waals surface area contributed by atoms with Gasteiger partial charge in [0.05, 0.1) is 11.7 Å². The van der Waals surface area contributed by atoms with Crippen LogP contribution in [0, 0.1) is 0 Å². The highest BCUT2D eigenvalue weighted by molar-refractivity contribution is 5.86. The standard InChI is InChI=1S/C17H21N3O2.ClH/c1-12(20-16(21)17(18)9-5-6-10-17)15-19-11-14(22-15)13-7-3-2-4-8-13;/h2-4,7-8,11-12H,5-6,9-10,18H2,1H3,(H,20,21);1H. The third kappa shape index (κ3) is 3.74. The number of benzene rings is 1. The Bertz CT molecular complexity index is 651. The predicted octanol–water partition coefficient (Wildman–Crippen LogP) is 3.21. The lowest BCUT2D eigenvalue weighted by molar-refractivity contribution is -0.127. The van der Waals surface area contributed by atoms with Crippen LogP contribution in [0.2, 0.25) is 0 Å². The fraction of sp³-hybridized carbons (Fsp3) is 0.412. The number of hydrogen-bond donors (Lipinski definition) is 2. The first-order valence-electron chi connectivity index (χ1n) is 7.69. The van der Waals surface area contributed by atoms with Gasteiger partial charge < -0.3 is 15.5 Å². The molecule has 6 heteroatoms. The van der Waals surface area contributed by atoms with E-state index in [1.54, 1.807) is 6.20 Å². The van der Waals surface area contributed by atoms with E-state index in [1.165, 1.54) is 0 Å². The highest BCUT2D eigenvalue weighted by Crippen LogP contribution is 2.28. The Morgan fingerprint density at radius 2 is 1.96 bits per heavy atom. The van der Waals surface area contributed by atoms with E-state index >= 15 is 0 Å². The maximum atomic E-state index is 12.3. The van der Waals surface area contributed by atoms with Gasteiger partial charge in [0.15, 0.2) is 5.76 Å². The zero-order valence-electron chi connectivity index (χ0n) is 13.1. The summed E-state index contributed by atoms with van der Waals surface area (Å²) in [5, 5.41) is 2.92. The second kappa shape index (κ2) is 7.15. The fourth-order valence-corrected chi connectivity index (χ4v) is 2.86. The SMILES string of the molecule is CC(NC(=O)C1(N)CCCC1)c1ncc(-c2ccccc2)o1.Cl. The number of nitrogens with two attached hydrogens (primary N) is 1. The van der Waals surface area contributed by atoms with E-state index in [-0.39, 0.29) is 24.4 Å². The second-order valence-electron chi connectivity index (χ2n) is 5.99. The summed E-state index contributed by atoms with van der Waals surface area (Å²) in [6, 6.07) is 9.46. The molecule has 1 aliphatic rings. The van der Waals surface area contributed by atoms with Crippen LogP contribution in [0.1, 0.15) is 44.5 Å². The molecule has 3 N–H and O–H groups in total. The van der Waals surface area contributed by atoms with Gasteiger partial charge in [-0.2, -0.15) is 0 Å². The third-order valence-electron chi connectivity index (χ3n) is 4.25. The molecule has 3 rings (SSSR count). The van der Waals surface area contributed by atoms with E-state index in [9.17, 15) is 4.79 Å². The van der Waals surface area contributed by atoms with Gasteiger partial charge in [-0.05, 0) is 19.8 Å². The number of nitrogens with zero attached hydrogens (tertiary/aromatic N) is 1. The molecule has 1 heterocycles. The van der Waals surface area contributed by atoms with Gasteiger partial charge in [0.25, 0.3) is 0 Å². The van der Waals surface area contributed by atoms with Crippen molar-refractivity contribution in [1.82, 2.24) is 10.3 Å². The minimum atomic E-state index is -0.733. The summed E-state index contributed by atoms with van der Waals surface area (Å²) in [4.78, 5) is 16.6. The van der Waals surface area contributed by atoms with Crippen LogP contribution < -0.4 is 11.1 Å². The van der Waals surface area contributed by atoms with Gasteiger partial charge in [0.2, 0.25) is 11.8 Å². The van der Waals surface area contributed by atoms with Gasteiger partial charge in [-0.3, -0.25) is 4.79 Å². The Morgan fingerprint density at radius 1 is 1.30 bits per heavy atom. The smallest absolute Gasteiger partial charge is 0.240 e. The Hall–Kier alpha value is -1.85. The fourth-order valence-electron chi connectivity index (χ4n) is 2.86. The monoisotopic (exact) mass is 335 g/mol. The first-order valence-corrected chi connectivity index (χ1v) is 7.69. The summed E-state index contributed by atoms with van der Waals surface area (Å²) < 4.78 is 5.76. The molecule has 1 fully saturated rings. The van der Waals surface area contributed by atoms with E-state index in [1.807, 2.05) is 37.3 Å². The lowest BCUT2D eigenvalue weighted by atomic mass is 9.98. The summed E-state index contributed by atoms with van der Waals surface area (Å²) in [5.74, 6) is 1.07. The maximum Gasteiger partial charge on any atom is 0.240 e. The maximum absolute atomic E-state index is 12.3. The van der Waals surface area contributed by atoms with Crippen LogP contribution in [0.3, 0.4) is 0 Å². The molecule has 1 saturated carbocycles. The molecule has 23 heavy (non-hydrogen) atoms. The zero-order valence-corrected chi connectivity index (χ0v) is 13.9. The average Bonchev–Trinajstić information content (AvgIpc) is 3.18. The van der Waals surface area contributed by atoms with Crippen molar-refractivity contribution in [3.8, 4) is 11.3 Å². The largest absolute Gasteiger partial charge is 0.438 e. The quantitative estimate of drug-likeness (QED) is 0.899. The zero-order chi connectivity index (χ0) is 15.6. The molecule has 0 bridgehead atoms. The van der Waals surface area contributed by atoms with Crippen LogP contribution in [0.25, 0.3) is 11.3 Å². The number of oxazole rings is 1. The van der Waals surface area contributed by atoms with Crippen LogP contribution in [0.4, 0.5) is 0 Å².